The summed E-state index contributed by atoms with van der Waals surface area (Å²) < 4.78 is 5.21. The van der Waals surface area contributed by atoms with Gasteiger partial charge in [0.15, 0.2) is 0 Å². The standard InChI is InChI=1S/C13H21NO4/c1-13(2,3)18-12(17)14-10-6-7-4-8(10)9(5-7)11(15)16/h7-10H,4-6H2,1-3H3,(H,14,17)(H,15,16)/t7-,8-,9-,10-/m1/s1. The predicted molar refractivity (Wildman–Crippen MR) is 65.1 cm³/mol. The molecule has 18 heavy (non-hydrogen) atoms. The second-order valence-electron chi connectivity index (χ2n) is 6.43. The highest BCUT2D eigenvalue weighted by molar-refractivity contribution is 5.72. The summed E-state index contributed by atoms with van der Waals surface area (Å²) in [6.07, 6.45) is 2.11. The molecule has 1 amide bonds. The van der Waals surface area contributed by atoms with E-state index in [-0.39, 0.29) is 17.9 Å². The van der Waals surface area contributed by atoms with Crippen LogP contribution in [0.1, 0.15) is 40.0 Å². The van der Waals surface area contributed by atoms with Gasteiger partial charge >= 0.3 is 12.1 Å². The predicted octanol–water partition coefficient (Wildman–Crippen LogP) is 2.01. The van der Waals surface area contributed by atoms with Gasteiger partial charge in [0.25, 0.3) is 0 Å². The molecule has 4 atom stereocenters. The van der Waals surface area contributed by atoms with Gasteiger partial charge in [-0.1, -0.05) is 0 Å². The van der Waals surface area contributed by atoms with Crippen molar-refractivity contribution in [2.75, 3.05) is 0 Å². The molecule has 0 aromatic rings. The lowest BCUT2D eigenvalue weighted by molar-refractivity contribution is -0.143. The van der Waals surface area contributed by atoms with Gasteiger partial charge in [-0.2, -0.15) is 0 Å². The van der Waals surface area contributed by atoms with Gasteiger partial charge in [0.1, 0.15) is 5.60 Å². The van der Waals surface area contributed by atoms with Crippen molar-refractivity contribution < 1.29 is 19.4 Å². The topological polar surface area (TPSA) is 75.6 Å². The van der Waals surface area contributed by atoms with E-state index in [0.29, 0.717) is 5.92 Å². The van der Waals surface area contributed by atoms with Gasteiger partial charge in [-0.3, -0.25) is 4.79 Å². The van der Waals surface area contributed by atoms with E-state index in [1.807, 2.05) is 20.8 Å². The van der Waals surface area contributed by atoms with Crippen molar-refractivity contribution in [3.8, 4) is 0 Å². The molecule has 2 bridgehead atoms. The number of carboxylic acid groups (broad SMARTS) is 1. The van der Waals surface area contributed by atoms with Gasteiger partial charge in [0, 0.05) is 6.04 Å². The molecule has 2 saturated carbocycles. The minimum atomic E-state index is -0.738. The van der Waals surface area contributed by atoms with Gasteiger partial charge in [-0.15, -0.1) is 0 Å². The lowest BCUT2D eigenvalue weighted by Crippen LogP contribution is -2.44. The van der Waals surface area contributed by atoms with E-state index in [0.717, 1.165) is 19.3 Å². The van der Waals surface area contributed by atoms with Gasteiger partial charge in [-0.05, 0) is 51.9 Å². The molecule has 0 aromatic heterocycles. The zero-order valence-electron chi connectivity index (χ0n) is 11.1. The third kappa shape index (κ3) is 2.76. The fourth-order valence-corrected chi connectivity index (χ4v) is 3.26. The number of carbonyl (C=O) groups excluding carboxylic acids is 1. The Morgan fingerprint density at radius 3 is 2.39 bits per heavy atom. The maximum absolute atomic E-state index is 11.7. The second kappa shape index (κ2) is 4.44. The fourth-order valence-electron chi connectivity index (χ4n) is 3.26. The first kappa shape index (κ1) is 13.2. The molecule has 5 heteroatoms. The number of rotatable bonds is 2. The maximum atomic E-state index is 11.7. The zero-order valence-corrected chi connectivity index (χ0v) is 11.1. The van der Waals surface area contributed by atoms with Crippen molar-refractivity contribution in [1.29, 1.82) is 0 Å². The zero-order chi connectivity index (χ0) is 13.5. The van der Waals surface area contributed by atoms with Crippen LogP contribution in [0.3, 0.4) is 0 Å². The number of fused-ring (bicyclic) bond motifs is 2. The van der Waals surface area contributed by atoms with Gasteiger partial charge < -0.3 is 15.2 Å². The number of aliphatic carboxylic acids is 1. The molecule has 5 nitrogen and oxygen atoms in total. The van der Waals surface area contributed by atoms with Crippen molar-refractivity contribution in [3.63, 3.8) is 0 Å². The SMILES string of the molecule is CC(C)(C)OC(=O)N[C@@H]1C[C@@H]2C[C@@H]1[C@H](C(=O)O)C2. The van der Waals surface area contributed by atoms with Gasteiger partial charge in [0.05, 0.1) is 5.92 Å². The van der Waals surface area contributed by atoms with E-state index in [1.165, 1.54) is 0 Å². The highest BCUT2D eigenvalue weighted by Gasteiger charge is 2.49. The van der Waals surface area contributed by atoms with Crippen molar-refractivity contribution >= 4 is 12.1 Å². The number of hydrogen-bond acceptors (Lipinski definition) is 3. The molecule has 0 aliphatic heterocycles. The molecule has 0 aromatic carbocycles. The lowest BCUT2D eigenvalue weighted by atomic mass is 9.85. The second-order valence-corrected chi connectivity index (χ2v) is 6.43. The van der Waals surface area contributed by atoms with E-state index >= 15 is 0 Å². The summed E-state index contributed by atoms with van der Waals surface area (Å²) in [7, 11) is 0. The lowest BCUT2D eigenvalue weighted by Gasteiger charge is -2.29. The Balaban J connectivity index is 1.92. The molecule has 0 spiro atoms. The summed E-state index contributed by atoms with van der Waals surface area (Å²) in [5, 5.41) is 12.0. The normalized spacial score (nSPS) is 34.4. The average Bonchev–Trinajstić information content (AvgIpc) is 2.72. The van der Waals surface area contributed by atoms with Crippen molar-refractivity contribution in [3.05, 3.63) is 0 Å². The molecule has 0 heterocycles. The molecular formula is C13H21NO4. The summed E-state index contributed by atoms with van der Waals surface area (Å²) >= 11 is 0. The molecule has 0 unspecified atom stereocenters. The van der Waals surface area contributed by atoms with E-state index in [4.69, 9.17) is 9.84 Å². The third-order valence-corrected chi connectivity index (χ3v) is 3.83. The first-order chi connectivity index (χ1) is 8.26. The largest absolute Gasteiger partial charge is 0.481 e. The highest BCUT2D eigenvalue weighted by atomic mass is 16.6. The molecule has 2 N–H and O–H groups in total. The van der Waals surface area contributed by atoms with Gasteiger partial charge in [-0.25, -0.2) is 4.79 Å². The Morgan fingerprint density at radius 2 is 1.89 bits per heavy atom. The summed E-state index contributed by atoms with van der Waals surface area (Å²) in [4.78, 5) is 22.8. The smallest absolute Gasteiger partial charge is 0.407 e. The van der Waals surface area contributed by atoms with Crippen LogP contribution in [-0.2, 0) is 9.53 Å². The Labute approximate surface area is 107 Å². The van der Waals surface area contributed by atoms with Crippen LogP contribution in [0.25, 0.3) is 0 Å². The molecule has 2 fully saturated rings. The van der Waals surface area contributed by atoms with Crippen LogP contribution in [0.5, 0.6) is 0 Å². The van der Waals surface area contributed by atoms with E-state index in [9.17, 15) is 9.59 Å². The van der Waals surface area contributed by atoms with E-state index in [1.54, 1.807) is 0 Å². The first-order valence-electron chi connectivity index (χ1n) is 6.48. The molecule has 102 valence electrons. The first-order valence-corrected chi connectivity index (χ1v) is 6.48. The van der Waals surface area contributed by atoms with Gasteiger partial charge in [0.2, 0.25) is 0 Å². The number of nitrogens with one attached hydrogen (secondary N) is 1. The maximum Gasteiger partial charge on any atom is 0.407 e. The number of carbonyl (C=O) groups is 2. The third-order valence-electron chi connectivity index (χ3n) is 3.83. The molecule has 2 aliphatic carbocycles. The van der Waals surface area contributed by atoms with Crippen LogP contribution in [0, 0.1) is 17.8 Å². The van der Waals surface area contributed by atoms with Crippen LogP contribution in [-0.4, -0.2) is 28.8 Å². The Morgan fingerprint density at radius 1 is 1.22 bits per heavy atom. The number of hydrogen-bond donors (Lipinski definition) is 2. The Hall–Kier alpha value is -1.26. The summed E-state index contributed by atoms with van der Waals surface area (Å²) in [5.74, 6) is -0.530. The number of carboxylic acids is 1. The highest BCUT2D eigenvalue weighted by Crippen LogP contribution is 2.48. The minimum absolute atomic E-state index is 0.0419. The molecule has 0 radical (unpaired) electrons. The van der Waals surface area contributed by atoms with E-state index in [2.05, 4.69) is 5.32 Å². The molecular weight excluding hydrogens is 234 g/mol. The Kier molecular flexibility index (Phi) is 3.25. The Bertz CT molecular complexity index is 360. The molecule has 2 aliphatic rings. The average molecular weight is 255 g/mol. The van der Waals surface area contributed by atoms with Crippen molar-refractivity contribution in [2.45, 2.75) is 51.7 Å². The van der Waals surface area contributed by atoms with Crippen LogP contribution in [0.2, 0.25) is 0 Å². The monoisotopic (exact) mass is 255 g/mol. The van der Waals surface area contributed by atoms with Crippen LogP contribution < -0.4 is 5.32 Å². The van der Waals surface area contributed by atoms with E-state index < -0.39 is 17.7 Å². The molecule has 0 saturated heterocycles. The van der Waals surface area contributed by atoms with Crippen molar-refractivity contribution in [1.82, 2.24) is 5.32 Å². The number of ether oxygens (including phenoxy) is 1. The molecule has 2 rings (SSSR count). The summed E-state index contributed by atoms with van der Waals surface area (Å²) in [6, 6.07) is -0.0419. The fraction of sp³-hybridized carbons (Fsp3) is 0.846. The quantitative estimate of drug-likeness (QED) is 0.791. The van der Waals surface area contributed by atoms with Crippen LogP contribution in [0.15, 0.2) is 0 Å². The van der Waals surface area contributed by atoms with Crippen LogP contribution >= 0.6 is 0 Å². The van der Waals surface area contributed by atoms with Crippen LogP contribution in [0.4, 0.5) is 4.79 Å². The minimum Gasteiger partial charge on any atom is -0.481 e. The number of alkyl carbamates (subject to hydrolysis) is 1. The number of amides is 1. The summed E-state index contributed by atoms with van der Waals surface area (Å²) in [6.45, 7) is 5.44. The van der Waals surface area contributed by atoms with Crippen molar-refractivity contribution in [2.24, 2.45) is 17.8 Å². The summed E-state index contributed by atoms with van der Waals surface area (Å²) in [5.41, 5.74) is -0.520.